The molecule has 5 nitrogen and oxygen atoms in total. The van der Waals surface area contributed by atoms with Crippen LogP contribution >= 0.6 is 0 Å². The minimum Gasteiger partial charge on any atom is -0.317 e. The van der Waals surface area contributed by atoms with Gasteiger partial charge in [0.05, 0.1) is 12.1 Å². The number of benzene rings is 1. The van der Waals surface area contributed by atoms with Crippen molar-refractivity contribution in [3.8, 4) is 0 Å². The average Bonchev–Trinajstić information content (AvgIpc) is 2.60. The van der Waals surface area contributed by atoms with E-state index in [0.717, 1.165) is 11.1 Å². The smallest absolute Gasteiger partial charge is 0.274 e. The fourth-order valence-electron chi connectivity index (χ4n) is 2.46. The summed E-state index contributed by atoms with van der Waals surface area (Å²) in [5.74, 6) is -0.350. The van der Waals surface area contributed by atoms with Crippen LogP contribution in [0.3, 0.4) is 0 Å². The zero-order valence-electron chi connectivity index (χ0n) is 13.3. The standard InChI is InChI=1S/C19H17N3O2/c1-14-10-17(21-18(23)16-8-5-9-20-11-16)19(24)22(12-14)13-15-6-3-2-4-7-15/h2-12H,13H2,1H3,(H,21,23). The van der Waals surface area contributed by atoms with Crippen LogP contribution in [-0.2, 0) is 6.54 Å². The predicted octanol–water partition coefficient (Wildman–Crippen LogP) is 2.85. The van der Waals surface area contributed by atoms with Gasteiger partial charge in [-0.25, -0.2) is 0 Å². The average molecular weight is 319 g/mol. The first kappa shape index (κ1) is 15.7. The summed E-state index contributed by atoms with van der Waals surface area (Å²) in [6.45, 7) is 2.35. The molecule has 1 aromatic carbocycles. The summed E-state index contributed by atoms with van der Waals surface area (Å²) in [4.78, 5) is 28.8. The minimum absolute atomic E-state index is 0.235. The number of rotatable bonds is 4. The molecule has 24 heavy (non-hydrogen) atoms. The number of hydrogen-bond donors (Lipinski definition) is 1. The third-order valence-electron chi connectivity index (χ3n) is 3.59. The molecule has 0 radical (unpaired) electrons. The van der Waals surface area contributed by atoms with Crippen LogP contribution in [0.1, 0.15) is 21.5 Å². The molecule has 0 fully saturated rings. The van der Waals surface area contributed by atoms with Crippen molar-refractivity contribution in [1.82, 2.24) is 9.55 Å². The third kappa shape index (κ3) is 3.57. The molecule has 120 valence electrons. The van der Waals surface area contributed by atoms with Crippen LogP contribution < -0.4 is 10.9 Å². The Labute approximate surface area is 139 Å². The molecule has 2 aromatic heterocycles. The van der Waals surface area contributed by atoms with Crippen LogP contribution in [0.4, 0.5) is 5.69 Å². The molecular formula is C19H17N3O2. The van der Waals surface area contributed by atoms with E-state index < -0.39 is 0 Å². The highest BCUT2D eigenvalue weighted by Crippen LogP contribution is 2.09. The van der Waals surface area contributed by atoms with Crippen LogP contribution in [-0.4, -0.2) is 15.5 Å². The molecule has 3 aromatic rings. The van der Waals surface area contributed by atoms with Crippen molar-refractivity contribution < 1.29 is 4.79 Å². The van der Waals surface area contributed by atoms with E-state index in [0.29, 0.717) is 12.1 Å². The number of nitrogens with one attached hydrogen (secondary N) is 1. The van der Waals surface area contributed by atoms with Gasteiger partial charge in [0, 0.05) is 18.6 Å². The Balaban J connectivity index is 1.89. The molecule has 0 atom stereocenters. The van der Waals surface area contributed by atoms with Gasteiger partial charge in [0.25, 0.3) is 11.5 Å². The van der Waals surface area contributed by atoms with Crippen LogP contribution in [0.25, 0.3) is 0 Å². The first-order valence-corrected chi connectivity index (χ1v) is 7.60. The lowest BCUT2D eigenvalue weighted by Gasteiger charge is -2.11. The van der Waals surface area contributed by atoms with Crippen molar-refractivity contribution in [2.24, 2.45) is 0 Å². The van der Waals surface area contributed by atoms with E-state index in [1.54, 1.807) is 35.2 Å². The van der Waals surface area contributed by atoms with E-state index in [2.05, 4.69) is 10.3 Å². The molecule has 0 saturated heterocycles. The zero-order valence-corrected chi connectivity index (χ0v) is 13.3. The fraction of sp³-hybridized carbons (Fsp3) is 0.105. The molecule has 0 aliphatic carbocycles. The molecule has 1 amide bonds. The minimum atomic E-state index is -0.350. The quantitative estimate of drug-likeness (QED) is 0.804. The highest BCUT2D eigenvalue weighted by Gasteiger charge is 2.11. The van der Waals surface area contributed by atoms with Gasteiger partial charge in [-0.15, -0.1) is 0 Å². The van der Waals surface area contributed by atoms with Crippen molar-refractivity contribution >= 4 is 11.6 Å². The highest BCUT2D eigenvalue weighted by molar-refractivity contribution is 6.03. The summed E-state index contributed by atoms with van der Waals surface area (Å²) in [5, 5.41) is 2.68. The second-order valence-corrected chi connectivity index (χ2v) is 5.55. The number of aromatic nitrogens is 2. The van der Waals surface area contributed by atoms with E-state index in [1.165, 1.54) is 6.20 Å². The second-order valence-electron chi connectivity index (χ2n) is 5.55. The number of carbonyl (C=O) groups excluding carboxylic acids is 1. The summed E-state index contributed by atoms with van der Waals surface area (Å²) in [5.41, 5.74) is 2.36. The van der Waals surface area contributed by atoms with E-state index >= 15 is 0 Å². The van der Waals surface area contributed by atoms with Crippen LogP contribution in [0.5, 0.6) is 0 Å². The Hall–Kier alpha value is -3.21. The van der Waals surface area contributed by atoms with Gasteiger partial charge in [-0.05, 0) is 36.2 Å². The van der Waals surface area contributed by atoms with Gasteiger partial charge >= 0.3 is 0 Å². The van der Waals surface area contributed by atoms with Gasteiger partial charge in [0.15, 0.2) is 0 Å². The molecule has 0 aliphatic rings. The van der Waals surface area contributed by atoms with Crippen molar-refractivity contribution in [1.29, 1.82) is 0 Å². The van der Waals surface area contributed by atoms with Gasteiger partial charge in [0.1, 0.15) is 5.69 Å². The molecule has 2 heterocycles. The molecule has 0 unspecified atom stereocenters. The zero-order chi connectivity index (χ0) is 16.9. The van der Waals surface area contributed by atoms with Crippen LogP contribution in [0.15, 0.2) is 71.9 Å². The highest BCUT2D eigenvalue weighted by atomic mass is 16.2. The maximum Gasteiger partial charge on any atom is 0.274 e. The van der Waals surface area contributed by atoms with E-state index in [1.807, 2.05) is 37.3 Å². The summed E-state index contributed by atoms with van der Waals surface area (Å²) in [6, 6.07) is 14.7. The molecule has 3 rings (SSSR count). The van der Waals surface area contributed by atoms with E-state index in [9.17, 15) is 9.59 Å². The number of pyridine rings is 2. The van der Waals surface area contributed by atoms with Crippen LogP contribution in [0, 0.1) is 6.92 Å². The van der Waals surface area contributed by atoms with Gasteiger partial charge < -0.3 is 9.88 Å². The lowest BCUT2D eigenvalue weighted by atomic mass is 10.2. The number of carbonyl (C=O) groups is 1. The molecule has 0 saturated carbocycles. The SMILES string of the molecule is Cc1cc(NC(=O)c2cccnc2)c(=O)n(Cc2ccccc2)c1. The molecule has 0 aliphatic heterocycles. The molecule has 5 heteroatoms. The Bertz CT molecular complexity index is 903. The van der Waals surface area contributed by atoms with E-state index in [-0.39, 0.29) is 17.2 Å². The lowest BCUT2D eigenvalue weighted by molar-refractivity contribution is 0.102. The van der Waals surface area contributed by atoms with Crippen molar-refractivity contribution in [2.45, 2.75) is 13.5 Å². The molecule has 1 N–H and O–H groups in total. The summed E-state index contributed by atoms with van der Waals surface area (Å²) in [7, 11) is 0. The number of nitrogens with zero attached hydrogens (tertiary/aromatic N) is 2. The second kappa shape index (κ2) is 6.91. The Kier molecular flexibility index (Phi) is 4.52. The van der Waals surface area contributed by atoms with Gasteiger partial charge in [-0.1, -0.05) is 30.3 Å². The van der Waals surface area contributed by atoms with Gasteiger partial charge in [0.2, 0.25) is 0 Å². The predicted molar refractivity (Wildman–Crippen MR) is 93.2 cm³/mol. The topological polar surface area (TPSA) is 64.0 Å². The van der Waals surface area contributed by atoms with Crippen LogP contribution in [0.2, 0.25) is 0 Å². The monoisotopic (exact) mass is 319 g/mol. The number of aryl methyl sites for hydroxylation is 1. The summed E-state index contributed by atoms with van der Waals surface area (Å²) in [6.07, 6.45) is 4.85. The largest absolute Gasteiger partial charge is 0.317 e. The third-order valence-corrected chi connectivity index (χ3v) is 3.59. The Morgan fingerprint density at radius 3 is 2.67 bits per heavy atom. The van der Waals surface area contributed by atoms with Crippen molar-refractivity contribution in [3.05, 3.63) is 94.2 Å². The summed E-state index contributed by atoms with van der Waals surface area (Å²) >= 11 is 0. The summed E-state index contributed by atoms with van der Waals surface area (Å²) < 4.78 is 1.60. The molecule has 0 bridgehead atoms. The van der Waals surface area contributed by atoms with E-state index in [4.69, 9.17) is 0 Å². The molecular weight excluding hydrogens is 302 g/mol. The maximum atomic E-state index is 12.6. The Morgan fingerprint density at radius 1 is 1.17 bits per heavy atom. The number of anilines is 1. The van der Waals surface area contributed by atoms with Crippen molar-refractivity contribution in [3.63, 3.8) is 0 Å². The van der Waals surface area contributed by atoms with Crippen molar-refractivity contribution in [2.75, 3.05) is 5.32 Å². The number of amides is 1. The first-order chi connectivity index (χ1) is 11.6. The normalized spacial score (nSPS) is 10.4. The van der Waals surface area contributed by atoms with Gasteiger partial charge in [-0.2, -0.15) is 0 Å². The number of hydrogen-bond acceptors (Lipinski definition) is 3. The first-order valence-electron chi connectivity index (χ1n) is 7.60. The Morgan fingerprint density at radius 2 is 1.96 bits per heavy atom. The lowest BCUT2D eigenvalue weighted by Crippen LogP contribution is -2.26. The van der Waals surface area contributed by atoms with Gasteiger partial charge in [-0.3, -0.25) is 14.6 Å². The maximum absolute atomic E-state index is 12.6. The fourth-order valence-corrected chi connectivity index (χ4v) is 2.46. The molecule has 0 spiro atoms.